The van der Waals surface area contributed by atoms with Gasteiger partial charge in [-0.25, -0.2) is 4.98 Å². The SMILES string of the molecule is c1ccc(SCCc2cc[nH+]cc2)cc1. The van der Waals surface area contributed by atoms with Crippen molar-refractivity contribution in [3.8, 4) is 0 Å². The molecule has 0 aliphatic carbocycles. The number of hydrogen-bond donors (Lipinski definition) is 0. The molecule has 0 spiro atoms. The van der Waals surface area contributed by atoms with Crippen molar-refractivity contribution < 1.29 is 4.98 Å². The molecule has 0 saturated heterocycles. The summed E-state index contributed by atoms with van der Waals surface area (Å²) >= 11 is 1.91. The van der Waals surface area contributed by atoms with Crippen LogP contribution in [0.4, 0.5) is 0 Å². The Morgan fingerprint density at radius 1 is 0.933 bits per heavy atom. The average molecular weight is 216 g/mol. The van der Waals surface area contributed by atoms with E-state index in [1.807, 2.05) is 24.2 Å². The third kappa shape index (κ3) is 3.40. The number of aromatic amines is 1. The second-order valence-electron chi connectivity index (χ2n) is 3.32. The third-order valence-electron chi connectivity index (χ3n) is 2.19. The van der Waals surface area contributed by atoms with E-state index in [0.29, 0.717) is 0 Å². The molecule has 1 N–H and O–H groups in total. The standard InChI is InChI=1S/C13H13NS/c1-2-4-13(5-3-1)15-11-8-12-6-9-14-10-7-12/h1-7,9-10H,8,11H2/p+1. The Morgan fingerprint density at radius 3 is 2.40 bits per heavy atom. The first-order chi connectivity index (χ1) is 7.45. The smallest absolute Gasteiger partial charge is 0.167 e. The Labute approximate surface area is 94.6 Å². The molecular formula is C13H14NS+. The van der Waals surface area contributed by atoms with Crippen molar-refractivity contribution in [2.75, 3.05) is 5.75 Å². The number of aromatic nitrogens is 1. The van der Waals surface area contributed by atoms with Gasteiger partial charge in [0.1, 0.15) is 0 Å². The van der Waals surface area contributed by atoms with Crippen LogP contribution in [0.2, 0.25) is 0 Å². The Morgan fingerprint density at radius 2 is 1.67 bits per heavy atom. The van der Waals surface area contributed by atoms with Crippen LogP contribution in [-0.4, -0.2) is 5.75 Å². The van der Waals surface area contributed by atoms with E-state index in [2.05, 4.69) is 47.4 Å². The minimum Gasteiger partial charge on any atom is -0.218 e. The Kier molecular flexibility index (Phi) is 3.80. The molecule has 0 radical (unpaired) electrons. The summed E-state index contributed by atoms with van der Waals surface area (Å²) in [5.41, 5.74) is 1.39. The van der Waals surface area contributed by atoms with Crippen molar-refractivity contribution >= 4 is 11.8 Å². The van der Waals surface area contributed by atoms with Gasteiger partial charge in [-0.15, -0.1) is 11.8 Å². The van der Waals surface area contributed by atoms with Crippen molar-refractivity contribution in [3.05, 3.63) is 60.4 Å². The molecule has 0 fully saturated rings. The zero-order valence-electron chi connectivity index (χ0n) is 8.52. The van der Waals surface area contributed by atoms with E-state index in [1.165, 1.54) is 10.5 Å². The van der Waals surface area contributed by atoms with E-state index in [-0.39, 0.29) is 0 Å². The van der Waals surface area contributed by atoms with Gasteiger partial charge in [-0.1, -0.05) is 18.2 Å². The van der Waals surface area contributed by atoms with Crippen molar-refractivity contribution in [2.24, 2.45) is 0 Å². The van der Waals surface area contributed by atoms with Gasteiger partial charge in [0, 0.05) is 22.8 Å². The predicted molar refractivity (Wildman–Crippen MR) is 63.9 cm³/mol. The van der Waals surface area contributed by atoms with Crippen LogP contribution in [0.1, 0.15) is 5.56 Å². The monoisotopic (exact) mass is 216 g/mol. The fraction of sp³-hybridized carbons (Fsp3) is 0.154. The lowest BCUT2D eigenvalue weighted by atomic mass is 10.2. The van der Waals surface area contributed by atoms with Gasteiger partial charge in [-0.05, 0) is 24.1 Å². The van der Waals surface area contributed by atoms with E-state index in [0.717, 1.165) is 12.2 Å². The van der Waals surface area contributed by atoms with Gasteiger partial charge in [0.25, 0.3) is 0 Å². The van der Waals surface area contributed by atoms with Crippen LogP contribution >= 0.6 is 11.8 Å². The van der Waals surface area contributed by atoms with E-state index in [9.17, 15) is 0 Å². The molecule has 1 aromatic heterocycles. The zero-order valence-corrected chi connectivity index (χ0v) is 9.34. The fourth-order valence-corrected chi connectivity index (χ4v) is 2.31. The number of hydrogen-bond acceptors (Lipinski definition) is 1. The van der Waals surface area contributed by atoms with Gasteiger partial charge < -0.3 is 0 Å². The third-order valence-corrected chi connectivity index (χ3v) is 3.20. The number of rotatable bonds is 4. The largest absolute Gasteiger partial charge is 0.218 e. The first kappa shape index (κ1) is 10.2. The summed E-state index contributed by atoms with van der Waals surface area (Å²) in [5.74, 6) is 1.13. The maximum atomic E-state index is 3.03. The highest BCUT2D eigenvalue weighted by molar-refractivity contribution is 7.99. The highest BCUT2D eigenvalue weighted by Crippen LogP contribution is 2.17. The number of pyridine rings is 1. The van der Waals surface area contributed by atoms with Crippen molar-refractivity contribution in [2.45, 2.75) is 11.3 Å². The highest BCUT2D eigenvalue weighted by Gasteiger charge is 1.95. The lowest BCUT2D eigenvalue weighted by Gasteiger charge is -2.00. The summed E-state index contributed by atoms with van der Waals surface area (Å²) in [5, 5.41) is 0. The van der Waals surface area contributed by atoms with E-state index < -0.39 is 0 Å². The topological polar surface area (TPSA) is 14.1 Å². The van der Waals surface area contributed by atoms with Crippen LogP contribution in [0.5, 0.6) is 0 Å². The molecule has 0 aliphatic rings. The predicted octanol–water partition coefficient (Wildman–Crippen LogP) is 2.84. The van der Waals surface area contributed by atoms with E-state index >= 15 is 0 Å². The number of thioether (sulfide) groups is 1. The minimum absolute atomic E-state index is 1.12. The molecule has 0 unspecified atom stereocenters. The molecule has 1 nitrogen and oxygen atoms in total. The second kappa shape index (κ2) is 5.56. The quantitative estimate of drug-likeness (QED) is 0.717. The number of H-pyrrole nitrogens is 1. The van der Waals surface area contributed by atoms with Gasteiger partial charge in [-0.3, -0.25) is 0 Å². The molecule has 0 saturated carbocycles. The Hall–Kier alpha value is -1.28. The minimum atomic E-state index is 1.12. The molecule has 1 aromatic carbocycles. The van der Waals surface area contributed by atoms with Gasteiger partial charge in [0.15, 0.2) is 12.4 Å². The van der Waals surface area contributed by atoms with Gasteiger partial charge in [-0.2, -0.15) is 0 Å². The molecule has 0 atom stereocenters. The zero-order chi connectivity index (χ0) is 10.3. The summed E-state index contributed by atoms with van der Waals surface area (Å²) in [7, 11) is 0. The van der Waals surface area contributed by atoms with Crippen LogP contribution in [-0.2, 0) is 6.42 Å². The summed E-state index contributed by atoms with van der Waals surface area (Å²) in [6.07, 6.45) is 5.07. The molecule has 0 bridgehead atoms. The molecule has 0 aliphatic heterocycles. The summed E-state index contributed by atoms with van der Waals surface area (Å²) in [4.78, 5) is 4.38. The van der Waals surface area contributed by atoms with Crippen molar-refractivity contribution in [1.82, 2.24) is 0 Å². The fourth-order valence-electron chi connectivity index (χ4n) is 1.39. The van der Waals surface area contributed by atoms with Gasteiger partial charge in [0.05, 0.1) is 0 Å². The molecule has 2 heteroatoms. The first-order valence-electron chi connectivity index (χ1n) is 5.08. The Bertz CT molecular complexity index is 346. The number of aryl methyl sites for hydroxylation is 1. The van der Waals surface area contributed by atoms with E-state index in [4.69, 9.17) is 0 Å². The van der Waals surface area contributed by atoms with Crippen LogP contribution < -0.4 is 4.98 Å². The lowest BCUT2D eigenvalue weighted by Crippen LogP contribution is -1.99. The Balaban J connectivity index is 1.81. The van der Waals surface area contributed by atoms with Crippen LogP contribution in [0.15, 0.2) is 59.8 Å². The normalized spacial score (nSPS) is 10.1. The molecule has 2 aromatic rings. The van der Waals surface area contributed by atoms with E-state index in [1.54, 1.807) is 0 Å². The number of nitrogens with one attached hydrogen (secondary N) is 1. The molecule has 0 amide bonds. The molecule has 2 rings (SSSR count). The maximum Gasteiger partial charge on any atom is 0.167 e. The van der Waals surface area contributed by atoms with Crippen molar-refractivity contribution in [3.63, 3.8) is 0 Å². The lowest BCUT2D eigenvalue weighted by molar-refractivity contribution is -0.378. The average Bonchev–Trinajstić information content (AvgIpc) is 2.32. The molecule has 15 heavy (non-hydrogen) atoms. The summed E-state index contributed by atoms with van der Waals surface area (Å²) in [6, 6.07) is 14.8. The molecular weight excluding hydrogens is 202 g/mol. The molecule has 1 heterocycles. The van der Waals surface area contributed by atoms with Crippen LogP contribution in [0.3, 0.4) is 0 Å². The van der Waals surface area contributed by atoms with Gasteiger partial charge in [0.2, 0.25) is 0 Å². The van der Waals surface area contributed by atoms with Crippen molar-refractivity contribution in [1.29, 1.82) is 0 Å². The van der Waals surface area contributed by atoms with Gasteiger partial charge >= 0.3 is 0 Å². The first-order valence-corrected chi connectivity index (χ1v) is 6.06. The van der Waals surface area contributed by atoms with Crippen LogP contribution in [0.25, 0.3) is 0 Å². The summed E-state index contributed by atoms with van der Waals surface area (Å²) < 4.78 is 0. The number of benzene rings is 1. The maximum absolute atomic E-state index is 3.03. The second-order valence-corrected chi connectivity index (χ2v) is 4.49. The highest BCUT2D eigenvalue weighted by atomic mass is 32.2. The molecule has 76 valence electrons. The van der Waals surface area contributed by atoms with Crippen LogP contribution in [0, 0.1) is 0 Å². The summed E-state index contributed by atoms with van der Waals surface area (Å²) in [6.45, 7) is 0.